The zero-order valence-electron chi connectivity index (χ0n) is 16.0. The van der Waals surface area contributed by atoms with E-state index in [1.165, 1.54) is 6.42 Å². The van der Waals surface area contributed by atoms with Gasteiger partial charge in [0, 0.05) is 46.3 Å². The van der Waals surface area contributed by atoms with Gasteiger partial charge in [0.25, 0.3) is 0 Å². The molecule has 0 bridgehead atoms. The minimum atomic E-state index is 0. The maximum atomic E-state index is 5.49. The minimum Gasteiger partial charge on any atom is -0.379 e. The molecule has 6 heteroatoms. The Morgan fingerprint density at radius 3 is 2.58 bits per heavy atom. The smallest absolute Gasteiger partial charge is 0.193 e. The van der Waals surface area contributed by atoms with Gasteiger partial charge in [0.05, 0.1) is 13.2 Å². The highest BCUT2D eigenvalue weighted by atomic mass is 127. The second kappa shape index (κ2) is 13.9. The number of ether oxygens (including phenoxy) is 1. The number of halogens is 1. The number of allylic oxidation sites excluding steroid dienone is 1. The molecule has 1 atom stereocenters. The van der Waals surface area contributed by atoms with Crippen LogP contribution in [-0.4, -0.2) is 75.3 Å². The Morgan fingerprint density at radius 1 is 1.38 bits per heavy atom. The largest absolute Gasteiger partial charge is 0.379 e. The lowest BCUT2D eigenvalue weighted by Crippen LogP contribution is -2.51. The van der Waals surface area contributed by atoms with Crippen LogP contribution in [0.1, 0.15) is 33.1 Å². The summed E-state index contributed by atoms with van der Waals surface area (Å²) in [6.07, 6.45) is 5.33. The molecule has 5 nitrogen and oxygen atoms in total. The molecule has 0 radical (unpaired) electrons. The number of aliphatic imine (C=N–C) groups is 1. The summed E-state index contributed by atoms with van der Waals surface area (Å²) in [7, 11) is 3.96. The molecule has 0 aliphatic carbocycles. The Kier molecular flexibility index (Phi) is 13.7. The van der Waals surface area contributed by atoms with Gasteiger partial charge in [0.2, 0.25) is 0 Å². The first-order valence-electron chi connectivity index (χ1n) is 8.93. The minimum absolute atomic E-state index is 0. The van der Waals surface area contributed by atoms with Crippen LogP contribution in [-0.2, 0) is 4.74 Å². The second-order valence-corrected chi connectivity index (χ2v) is 6.71. The molecule has 24 heavy (non-hydrogen) atoms. The molecule has 1 heterocycles. The van der Waals surface area contributed by atoms with E-state index in [1.54, 1.807) is 0 Å². The Morgan fingerprint density at radius 2 is 2.04 bits per heavy atom. The summed E-state index contributed by atoms with van der Waals surface area (Å²) in [6.45, 7) is 14.1. The maximum absolute atomic E-state index is 5.49. The Hall–Kier alpha value is -0.340. The van der Waals surface area contributed by atoms with Crippen LogP contribution in [0.4, 0.5) is 0 Å². The highest BCUT2D eigenvalue weighted by molar-refractivity contribution is 14.0. The maximum Gasteiger partial charge on any atom is 0.193 e. The fourth-order valence-electron chi connectivity index (χ4n) is 3.02. The van der Waals surface area contributed by atoms with Gasteiger partial charge in [-0.3, -0.25) is 9.89 Å². The van der Waals surface area contributed by atoms with Crippen LogP contribution in [0.3, 0.4) is 0 Å². The summed E-state index contributed by atoms with van der Waals surface area (Å²) in [5.74, 6) is 1.67. The van der Waals surface area contributed by atoms with Crippen LogP contribution >= 0.6 is 24.0 Å². The summed E-state index contributed by atoms with van der Waals surface area (Å²) in [6, 6.07) is 0.539. The first-order valence-corrected chi connectivity index (χ1v) is 8.93. The van der Waals surface area contributed by atoms with Crippen molar-refractivity contribution in [2.24, 2.45) is 10.9 Å². The quantitative estimate of drug-likeness (QED) is 0.192. The van der Waals surface area contributed by atoms with E-state index in [9.17, 15) is 0 Å². The predicted octanol–water partition coefficient (Wildman–Crippen LogP) is 2.82. The van der Waals surface area contributed by atoms with Gasteiger partial charge in [0.15, 0.2) is 5.96 Å². The van der Waals surface area contributed by atoms with Gasteiger partial charge >= 0.3 is 0 Å². The number of morpholine rings is 1. The topological polar surface area (TPSA) is 40.1 Å². The molecule has 1 aliphatic rings. The monoisotopic (exact) mass is 452 g/mol. The molecule has 1 aliphatic heterocycles. The summed E-state index contributed by atoms with van der Waals surface area (Å²) in [5.41, 5.74) is 0. The highest BCUT2D eigenvalue weighted by Gasteiger charge is 2.22. The van der Waals surface area contributed by atoms with Gasteiger partial charge in [-0.25, -0.2) is 0 Å². The van der Waals surface area contributed by atoms with Crippen LogP contribution < -0.4 is 5.32 Å². The lowest BCUT2D eigenvalue weighted by atomic mass is 10.0. The van der Waals surface area contributed by atoms with Crippen LogP contribution in [0.2, 0.25) is 0 Å². The first kappa shape index (κ1) is 23.7. The lowest BCUT2D eigenvalue weighted by molar-refractivity contribution is 0.0131. The van der Waals surface area contributed by atoms with E-state index in [0.717, 1.165) is 58.2 Å². The standard InChI is InChI=1S/C18H36N4O.HI/c1-6-7-8-9-21(5)18(19-4)20-15-17(14-16(2)3)22-10-12-23-13-11-22;/h6,16-17H,1,7-15H2,2-5H3,(H,19,20);1H. The number of hydrogen-bond donors (Lipinski definition) is 1. The zero-order valence-corrected chi connectivity index (χ0v) is 18.3. The molecule has 1 unspecified atom stereocenters. The molecule has 1 N–H and O–H groups in total. The van der Waals surface area contributed by atoms with Crippen molar-refractivity contribution in [1.82, 2.24) is 15.1 Å². The molecule has 1 saturated heterocycles. The van der Waals surface area contributed by atoms with Gasteiger partial charge in [-0.15, -0.1) is 30.6 Å². The Labute approximate surface area is 165 Å². The average molecular weight is 452 g/mol. The predicted molar refractivity (Wildman–Crippen MR) is 114 cm³/mol. The number of guanidine groups is 1. The molecule has 0 aromatic rings. The highest BCUT2D eigenvalue weighted by Crippen LogP contribution is 2.13. The Balaban J connectivity index is 0.00000529. The summed E-state index contributed by atoms with van der Waals surface area (Å²) >= 11 is 0. The van der Waals surface area contributed by atoms with Crippen LogP contribution in [0.5, 0.6) is 0 Å². The van der Waals surface area contributed by atoms with Crippen molar-refractivity contribution in [1.29, 1.82) is 0 Å². The molecular weight excluding hydrogens is 415 g/mol. The van der Waals surface area contributed by atoms with E-state index in [0.29, 0.717) is 12.0 Å². The third kappa shape index (κ3) is 9.22. The van der Waals surface area contributed by atoms with E-state index < -0.39 is 0 Å². The molecule has 1 rings (SSSR count). The lowest BCUT2D eigenvalue weighted by Gasteiger charge is -2.36. The third-order valence-corrected chi connectivity index (χ3v) is 4.28. The summed E-state index contributed by atoms with van der Waals surface area (Å²) in [5, 5.41) is 3.57. The molecular formula is C18H37IN4O. The molecule has 0 amide bonds. The van der Waals surface area contributed by atoms with Crippen molar-refractivity contribution < 1.29 is 4.74 Å². The van der Waals surface area contributed by atoms with E-state index in [4.69, 9.17) is 4.74 Å². The van der Waals surface area contributed by atoms with Gasteiger partial charge < -0.3 is 15.0 Å². The number of nitrogens with zero attached hydrogens (tertiary/aromatic N) is 3. The van der Waals surface area contributed by atoms with Crippen molar-refractivity contribution in [3.63, 3.8) is 0 Å². The molecule has 142 valence electrons. The fraction of sp³-hybridized carbons (Fsp3) is 0.833. The van der Waals surface area contributed by atoms with Crippen LogP contribution in [0.15, 0.2) is 17.6 Å². The summed E-state index contributed by atoms with van der Waals surface area (Å²) < 4.78 is 5.49. The van der Waals surface area contributed by atoms with Gasteiger partial charge in [0.1, 0.15) is 0 Å². The van der Waals surface area contributed by atoms with Crippen molar-refractivity contribution in [3.05, 3.63) is 12.7 Å². The van der Waals surface area contributed by atoms with Crippen molar-refractivity contribution in [3.8, 4) is 0 Å². The van der Waals surface area contributed by atoms with Crippen molar-refractivity contribution in [2.75, 3.05) is 53.5 Å². The third-order valence-electron chi connectivity index (χ3n) is 4.28. The molecule has 0 spiro atoms. The number of rotatable bonds is 9. The summed E-state index contributed by atoms with van der Waals surface area (Å²) in [4.78, 5) is 9.19. The molecule has 0 aromatic heterocycles. The van der Waals surface area contributed by atoms with E-state index in [2.05, 4.69) is 47.6 Å². The van der Waals surface area contributed by atoms with Gasteiger partial charge in [-0.2, -0.15) is 0 Å². The van der Waals surface area contributed by atoms with E-state index in [1.807, 2.05) is 13.1 Å². The van der Waals surface area contributed by atoms with E-state index >= 15 is 0 Å². The number of unbranched alkanes of at least 4 members (excludes halogenated alkanes) is 1. The van der Waals surface area contributed by atoms with Crippen LogP contribution in [0.25, 0.3) is 0 Å². The van der Waals surface area contributed by atoms with Crippen molar-refractivity contribution >= 4 is 29.9 Å². The fourth-order valence-corrected chi connectivity index (χ4v) is 3.02. The second-order valence-electron chi connectivity index (χ2n) is 6.71. The van der Waals surface area contributed by atoms with Gasteiger partial charge in [-0.1, -0.05) is 19.9 Å². The number of hydrogen-bond acceptors (Lipinski definition) is 3. The Bertz CT molecular complexity index is 357. The molecule has 0 aromatic carbocycles. The normalized spacial score (nSPS) is 17.3. The first-order chi connectivity index (χ1) is 11.1. The van der Waals surface area contributed by atoms with Gasteiger partial charge in [-0.05, 0) is 25.2 Å². The van der Waals surface area contributed by atoms with Crippen molar-refractivity contribution in [2.45, 2.75) is 39.2 Å². The van der Waals surface area contributed by atoms with E-state index in [-0.39, 0.29) is 24.0 Å². The molecule has 0 saturated carbocycles. The SMILES string of the molecule is C=CCCCN(C)C(=NC)NCC(CC(C)C)N1CCOCC1.I. The van der Waals surface area contributed by atoms with Crippen LogP contribution in [0, 0.1) is 5.92 Å². The average Bonchev–Trinajstić information content (AvgIpc) is 2.55. The molecule has 1 fully saturated rings. The number of nitrogens with one attached hydrogen (secondary N) is 1. The zero-order chi connectivity index (χ0) is 17.1.